The van der Waals surface area contributed by atoms with Crippen LogP contribution in [0.25, 0.3) is 6.08 Å². The summed E-state index contributed by atoms with van der Waals surface area (Å²) in [4.78, 5) is 15.5. The van der Waals surface area contributed by atoms with Gasteiger partial charge in [-0.15, -0.1) is 0 Å². The highest BCUT2D eigenvalue weighted by Gasteiger charge is 2.37. The molecule has 0 bridgehead atoms. The van der Waals surface area contributed by atoms with E-state index in [4.69, 9.17) is 33.3 Å². The highest BCUT2D eigenvalue weighted by atomic mass is 35.5. The smallest absolute Gasteiger partial charge is 0.266 e. The molecule has 31 heavy (non-hydrogen) atoms. The summed E-state index contributed by atoms with van der Waals surface area (Å²) < 4.78 is 12.1. The monoisotopic (exact) mass is 473 g/mol. The quantitative estimate of drug-likeness (QED) is 0.355. The molecule has 0 unspecified atom stereocenters. The lowest BCUT2D eigenvalue weighted by Gasteiger charge is -2.29. The van der Waals surface area contributed by atoms with E-state index in [1.165, 1.54) is 18.2 Å². The first-order valence-electron chi connectivity index (χ1n) is 10.4. The molecule has 1 aliphatic heterocycles. The second-order valence-electron chi connectivity index (χ2n) is 7.67. The molecular weight excluding hydrogens is 450 g/mol. The number of benzene rings is 2. The van der Waals surface area contributed by atoms with E-state index in [0.717, 1.165) is 36.8 Å². The molecule has 4 rings (SSSR count). The normalized spacial score (nSPS) is 18.6. The molecule has 2 aliphatic rings. The van der Waals surface area contributed by atoms with Crippen molar-refractivity contribution in [2.45, 2.75) is 44.8 Å². The largest absolute Gasteiger partial charge is 0.493 e. The van der Waals surface area contributed by atoms with Crippen molar-refractivity contribution >= 4 is 51.9 Å². The van der Waals surface area contributed by atoms with Crippen molar-refractivity contribution in [3.8, 4) is 11.5 Å². The number of hydrogen-bond acceptors (Lipinski definition) is 5. The zero-order valence-corrected chi connectivity index (χ0v) is 19.7. The van der Waals surface area contributed by atoms with Crippen LogP contribution in [-0.2, 0) is 11.4 Å². The van der Waals surface area contributed by atoms with E-state index in [1.54, 1.807) is 7.11 Å². The van der Waals surface area contributed by atoms with Gasteiger partial charge in [0.2, 0.25) is 0 Å². The van der Waals surface area contributed by atoms with Crippen LogP contribution in [-0.4, -0.2) is 28.3 Å². The molecule has 7 heteroatoms. The molecule has 2 aromatic carbocycles. The summed E-state index contributed by atoms with van der Waals surface area (Å²) in [6.45, 7) is 0.410. The van der Waals surface area contributed by atoms with E-state index in [9.17, 15) is 4.79 Å². The van der Waals surface area contributed by atoms with Gasteiger partial charge in [-0.2, -0.15) is 0 Å². The third-order valence-electron chi connectivity index (χ3n) is 5.56. The van der Waals surface area contributed by atoms with Gasteiger partial charge in [-0.3, -0.25) is 9.69 Å². The van der Waals surface area contributed by atoms with Crippen LogP contribution >= 0.6 is 35.6 Å². The molecule has 0 N–H and O–H groups in total. The number of nitrogens with zero attached hydrogens (tertiary/aromatic N) is 1. The Balaban J connectivity index is 1.48. The molecule has 1 saturated carbocycles. The number of amides is 1. The van der Waals surface area contributed by atoms with Crippen LogP contribution in [0.15, 0.2) is 47.4 Å². The predicted molar refractivity (Wildman–Crippen MR) is 131 cm³/mol. The lowest BCUT2D eigenvalue weighted by Crippen LogP contribution is -2.39. The van der Waals surface area contributed by atoms with E-state index in [2.05, 4.69) is 0 Å². The Hall–Kier alpha value is -2.02. The molecule has 0 atom stereocenters. The number of thioether (sulfide) groups is 1. The lowest BCUT2D eigenvalue weighted by atomic mass is 9.94. The highest BCUT2D eigenvalue weighted by Crippen LogP contribution is 2.38. The van der Waals surface area contributed by atoms with Crippen molar-refractivity contribution in [1.29, 1.82) is 0 Å². The third kappa shape index (κ3) is 5.25. The summed E-state index contributed by atoms with van der Waals surface area (Å²) in [6.07, 6.45) is 7.52. The molecule has 2 aromatic rings. The topological polar surface area (TPSA) is 38.8 Å². The Morgan fingerprint density at radius 3 is 2.58 bits per heavy atom. The summed E-state index contributed by atoms with van der Waals surface area (Å²) in [6, 6.07) is 13.4. The number of ether oxygens (including phenoxy) is 2. The van der Waals surface area contributed by atoms with Crippen LogP contribution in [0.5, 0.6) is 11.5 Å². The molecule has 162 valence electrons. The maximum atomic E-state index is 13.0. The molecule has 1 saturated heterocycles. The molecule has 1 aliphatic carbocycles. The van der Waals surface area contributed by atoms with Gasteiger partial charge in [-0.25, -0.2) is 0 Å². The number of thiocarbonyl (C=S) groups is 1. The molecular formula is C24H24ClNO3S2. The Bertz CT molecular complexity index is 1000. The fraction of sp³-hybridized carbons (Fsp3) is 0.333. The number of carbonyl (C=O) groups is 1. The first kappa shape index (κ1) is 22.2. The number of halogens is 1. The minimum absolute atomic E-state index is 0.0175. The van der Waals surface area contributed by atoms with Crippen LogP contribution in [0.2, 0.25) is 5.02 Å². The van der Waals surface area contributed by atoms with Gasteiger partial charge >= 0.3 is 0 Å². The maximum Gasteiger partial charge on any atom is 0.266 e. The van der Waals surface area contributed by atoms with Crippen molar-refractivity contribution in [2.75, 3.05) is 7.11 Å². The van der Waals surface area contributed by atoms with Crippen molar-refractivity contribution in [3.05, 3.63) is 63.5 Å². The average Bonchev–Trinajstić information content (AvgIpc) is 3.07. The van der Waals surface area contributed by atoms with Crippen molar-refractivity contribution < 1.29 is 14.3 Å². The molecule has 0 spiro atoms. The first-order chi connectivity index (χ1) is 15.0. The van der Waals surface area contributed by atoms with Gasteiger partial charge < -0.3 is 9.47 Å². The zero-order chi connectivity index (χ0) is 21.8. The van der Waals surface area contributed by atoms with Crippen LogP contribution < -0.4 is 9.47 Å². The minimum Gasteiger partial charge on any atom is -0.493 e. The number of rotatable bonds is 6. The SMILES string of the molecule is COc1cc(/C=C2\SC(=S)N(C3CCCCC3)C2=O)ccc1OCc1ccc(Cl)cc1. The van der Waals surface area contributed by atoms with E-state index in [1.807, 2.05) is 53.4 Å². The van der Waals surface area contributed by atoms with Crippen molar-refractivity contribution in [1.82, 2.24) is 4.90 Å². The van der Waals surface area contributed by atoms with Crippen LogP contribution in [0.1, 0.15) is 43.2 Å². The van der Waals surface area contributed by atoms with E-state index in [0.29, 0.717) is 32.4 Å². The molecule has 0 aromatic heterocycles. The van der Waals surface area contributed by atoms with Gasteiger partial charge in [0.1, 0.15) is 10.9 Å². The van der Waals surface area contributed by atoms with E-state index in [-0.39, 0.29) is 11.9 Å². The number of carbonyl (C=O) groups excluding carboxylic acids is 1. The van der Waals surface area contributed by atoms with Gasteiger partial charge in [-0.05, 0) is 54.3 Å². The molecule has 1 amide bonds. The Morgan fingerprint density at radius 1 is 1.13 bits per heavy atom. The summed E-state index contributed by atoms with van der Waals surface area (Å²) in [5, 5.41) is 0.694. The fourth-order valence-electron chi connectivity index (χ4n) is 3.92. The second kappa shape index (κ2) is 10.1. The predicted octanol–water partition coefficient (Wildman–Crippen LogP) is 6.46. The highest BCUT2D eigenvalue weighted by molar-refractivity contribution is 8.26. The van der Waals surface area contributed by atoms with E-state index < -0.39 is 0 Å². The zero-order valence-electron chi connectivity index (χ0n) is 17.3. The number of hydrogen-bond donors (Lipinski definition) is 0. The lowest BCUT2D eigenvalue weighted by molar-refractivity contribution is -0.124. The van der Waals surface area contributed by atoms with Crippen LogP contribution in [0.4, 0.5) is 0 Å². The molecule has 1 heterocycles. The van der Waals surface area contributed by atoms with Gasteiger partial charge in [0, 0.05) is 11.1 Å². The summed E-state index contributed by atoms with van der Waals surface area (Å²) in [5.74, 6) is 1.28. The van der Waals surface area contributed by atoms with Crippen LogP contribution in [0.3, 0.4) is 0 Å². The van der Waals surface area contributed by atoms with Crippen molar-refractivity contribution in [3.63, 3.8) is 0 Å². The summed E-state index contributed by atoms with van der Waals surface area (Å²) in [5.41, 5.74) is 1.89. The Morgan fingerprint density at radius 2 is 1.87 bits per heavy atom. The fourth-order valence-corrected chi connectivity index (χ4v) is 5.45. The van der Waals surface area contributed by atoms with Crippen molar-refractivity contribution in [2.24, 2.45) is 0 Å². The van der Waals surface area contributed by atoms with Gasteiger partial charge in [0.05, 0.1) is 12.0 Å². The Labute approximate surface area is 197 Å². The second-order valence-corrected chi connectivity index (χ2v) is 9.78. The first-order valence-corrected chi connectivity index (χ1v) is 12.0. The average molecular weight is 474 g/mol. The van der Waals surface area contributed by atoms with Crippen LogP contribution in [0, 0.1) is 0 Å². The molecule has 4 nitrogen and oxygen atoms in total. The standard InChI is InChI=1S/C24H24ClNO3S2/c1-28-21-13-17(9-12-20(21)29-15-16-7-10-18(25)11-8-16)14-22-23(27)26(24(30)31-22)19-5-3-2-4-6-19/h7-14,19H,2-6,15H2,1H3/b22-14-. The molecule has 0 radical (unpaired) electrons. The Kier molecular flexibility index (Phi) is 7.20. The maximum absolute atomic E-state index is 13.0. The number of methoxy groups -OCH3 is 1. The molecule has 2 fully saturated rings. The van der Waals surface area contributed by atoms with Gasteiger partial charge in [0.15, 0.2) is 11.5 Å². The summed E-state index contributed by atoms with van der Waals surface area (Å²) in [7, 11) is 1.61. The minimum atomic E-state index is 0.0175. The third-order valence-corrected chi connectivity index (χ3v) is 7.14. The van der Waals surface area contributed by atoms with Gasteiger partial charge in [-0.1, -0.05) is 73.0 Å². The summed E-state index contributed by atoms with van der Waals surface area (Å²) >= 11 is 12.8. The van der Waals surface area contributed by atoms with E-state index >= 15 is 0 Å². The van der Waals surface area contributed by atoms with Gasteiger partial charge in [0.25, 0.3) is 5.91 Å².